The topological polar surface area (TPSA) is 156 Å². The molecule has 1 aromatic carbocycles. The van der Waals surface area contributed by atoms with Crippen molar-refractivity contribution in [3.8, 4) is 0 Å². The van der Waals surface area contributed by atoms with Crippen LogP contribution in [0.25, 0.3) is 0 Å². The first-order chi connectivity index (χ1) is 14.8. The van der Waals surface area contributed by atoms with Gasteiger partial charge >= 0.3 is 5.97 Å². The van der Waals surface area contributed by atoms with Crippen LogP contribution in [-0.4, -0.2) is 70.7 Å². The number of nitrogens with one attached hydrogen (secondary N) is 1. The summed E-state index contributed by atoms with van der Waals surface area (Å²) in [6, 6.07) is 4.04. The largest absolute Gasteiger partial charge is 0.442 e. The van der Waals surface area contributed by atoms with Gasteiger partial charge in [0.2, 0.25) is 11.8 Å². The predicted molar refractivity (Wildman–Crippen MR) is 104 cm³/mol. The van der Waals surface area contributed by atoms with Crippen molar-refractivity contribution in [2.24, 2.45) is 5.73 Å². The van der Waals surface area contributed by atoms with Gasteiger partial charge in [-0.05, 0) is 25.0 Å². The number of fused-ring (bicyclic) bond motifs is 1. The number of imide groups is 2. The molecule has 3 N–H and O–H groups in total. The fraction of sp³-hybridized carbons (Fsp3) is 0.400. The van der Waals surface area contributed by atoms with Crippen molar-refractivity contribution < 1.29 is 33.5 Å². The van der Waals surface area contributed by atoms with Gasteiger partial charge in [0, 0.05) is 6.42 Å². The molecule has 2 aliphatic heterocycles. The first-order valence-corrected chi connectivity index (χ1v) is 9.77. The maximum Gasteiger partial charge on any atom is 0.330 e. The zero-order chi connectivity index (χ0) is 22.7. The lowest BCUT2D eigenvalue weighted by atomic mass is 10.0. The summed E-state index contributed by atoms with van der Waals surface area (Å²) in [5, 5.41) is 2.38. The van der Waals surface area contributed by atoms with Gasteiger partial charge in [0.1, 0.15) is 12.1 Å². The Labute approximate surface area is 177 Å². The third-order valence-electron chi connectivity index (χ3n) is 5.17. The SMILES string of the molecule is CCC(NC(=O)CN)C(=O)OCN1C(=O)CC[C@H](N2C(=O)c3ccccc3C2=O)C1=O. The number of amides is 5. The van der Waals surface area contributed by atoms with Gasteiger partial charge < -0.3 is 15.8 Å². The Hall–Kier alpha value is -3.60. The average molecular weight is 430 g/mol. The summed E-state index contributed by atoms with van der Waals surface area (Å²) in [7, 11) is 0. The molecule has 1 fully saturated rings. The molecule has 0 spiro atoms. The Morgan fingerprint density at radius 2 is 1.77 bits per heavy atom. The second-order valence-corrected chi connectivity index (χ2v) is 7.07. The molecule has 0 aliphatic carbocycles. The number of likely N-dealkylation sites (tertiary alicyclic amines) is 1. The van der Waals surface area contributed by atoms with Crippen molar-refractivity contribution in [1.29, 1.82) is 0 Å². The van der Waals surface area contributed by atoms with Crippen LogP contribution < -0.4 is 11.1 Å². The van der Waals surface area contributed by atoms with E-state index in [-0.39, 0.29) is 36.9 Å². The van der Waals surface area contributed by atoms with Crippen LogP contribution >= 0.6 is 0 Å². The Morgan fingerprint density at radius 1 is 1.16 bits per heavy atom. The number of carbonyl (C=O) groups excluding carboxylic acids is 6. The molecule has 11 nitrogen and oxygen atoms in total. The lowest BCUT2D eigenvalue weighted by molar-refractivity contribution is -0.165. The van der Waals surface area contributed by atoms with Crippen LogP contribution in [0, 0.1) is 0 Å². The fourth-order valence-corrected chi connectivity index (χ4v) is 3.50. The van der Waals surface area contributed by atoms with E-state index in [0.29, 0.717) is 4.90 Å². The number of piperidine rings is 1. The predicted octanol–water partition coefficient (Wildman–Crippen LogP) is -0.846. The van der Waals surface area contributed by atoms with Gasteiger partial charge in [-0.3, -0.25) is 28.9 Å². The quantitative estimate of drug-likeness (QED) is 0.419. The van der Waals surface area contributed by atoms with Crippen molar-refractivity contribution in [3.05, 3.63) is 35.4 Å². The number of hydrogen-bond donors (Lipinski definition) is 2. The summed E-state index contributed by atoms with van der Waals surface area (Å²) < 4.78 is 5.05. The standard InChI is InChI=1S/C20H22N4O7/c1-2-13(22-15(25)9-21)20(30)31-10-23-16(26)8-7-14(19(23)29)24-17(27)11-5-3-4-6-12(11)18(24)28/h3-6,13-14H,2,7-10,21H2,1H3,(H,22,25)/t13?,14-/m0/s1. The minimum absolute atomic E-state index is 0.0161. The van der Waals surface area contributed by atoms with Gasteiger partial charge in [-0.1, -0.05) is 19.1 Å². The molecule has 2 aliphatic rings. The van der Waals surface area contributed by atoms with Gasteiger partial charge in [-0.25, -0.2) is 9.69 Å². The van der Waals surface area contributed by atoms with Gasteiger partial charge in [0.15, 0.2) is 6.73 Å². The highest BCUT2D eigenvalue weighted by Gasteiger charge is 2.47. The number of carbonyl (C=O) groups is 6. The van der Waals surface area contributed by atoms with Crippen molar-refractivity contribution >= 4 is 35.5 Å². The Kier molecular flexibility index (Phi) is 6.44. The lowest BCUT2D eigenvalue weighted by Gasteiger charge is -2.34. The second-order valence-electron chi connectivity index (χ2n) is 7.07. The lowest BCUT2D eigenvalue weighted by Crippen LogP contribution is -2.57. The van der Waals surface area contributed by atoms with E-state index >= 15 is 0 Å². The van der Waals surface area contributed by atoms with Gasteiger partial charge in [-0.2, -0.15) is 0 Å². The van der Waals surface area contributed by atoms with Crippen molar-refractivity contribution in [1.82, 2.24) is 15.1 Å². The summed E-state index contributed by atoms with van der Waals surface area (Å²) in [5.41, 5.74) is 5.59. The number of hydrogen-bond acceptors (Lipinski definition) is 8. The maximum absolute atomic E-state index is 12.9. The summed E-state index contributed by atoms with van der Waals surface area (Å²) in [6.07, 6.45) is 0.0876. The van der Waals surface area contributed by atoms with Crippen LogP contribution in [0.4, 0.5) is 0 Å². The van der Waals surface area contributed by atoms with Gasteiger partial charge in [-0.15, -0.1) is 0 Å². The smallest absolute Gasteiger partial charge is 0.330 e. The van der Waals surface area contributed by atoms with Gasteiger partial charge in [0.25, 0.3) is 17.7 Å². The molecule has 1 aromatic rings. The number of nitrogens with zero attached hydrogens (tertiary/aromatic N) is 2. The molecule has 164 valence electrons. The molecule has 5 amide bonds. The zero-order valence-electron chi connectivity index (χ0n) is 16.8. The van der Waals surface area contributed by atoms with Crippen molar-refractivity contribution in [2.45, 2.75) is 38.3 Å². The van der Waals surface area contributed by atoms with E-state index in [1.165, 1.54) is 12.1 Å². The van der Waals surface area contributed by atoms with Crippen LogP contribution in [0.1, 0.15) is 46.9 Å². The van der Waals surface area contributed by atoms with Crippen molar-refractivity contribution in [2.75, 3.05) is 13.3 Å². The van der Waals surface area contributed by atoms with Crippen LogP contribution in [0.15, 0.2) is 24.3 Å². The molecular formula is C20H22N4O7. The molecule has 0 radical (unpaired) electrons. The number of esters is 1. The van der Waals surface area contributed by atoms with E-state index in [1.807, 2.05) is 0 Å². The number of rotatable bonds is 7. The molecule has 2 heterocycles. The molecule has 0 saturated carbocycles. The molecular weight excluding hydrogens is 408 g/mol. The van der Waals surface area contributed by atoms with E-state index in [2.05, 4.69) is 5.32 Å². The van der Waals surface area contributed by atoms with Crippen LogP contribution in [0.5, 0.6) is 0 Å². The minimum atomic E-state index is -1.18. The summed E-state index contributed by atoms with van der Waals surface area (Å²) >= 11 is 0. The second kappa shape index (κ2) is 9.04. The van der Waals surface area contributed by atoms with Crippen LogP contribution in [-0.2, 0) is 23.9 Å². The van der Waals surface area contributed by atoms with E-state index in [0.717, 1.165) is 4.90 Å². The first-order valence-electron chi connectivity index (χ1n) is 9.77. The minimum Gasteiger partial charge on any atom is -0.442 e. The molecule has 1 saturated heterocycles. The van der Waals surface area contributed by atoms with Gasteiger partial charge in [0.05, 0.1) is 17.7 Å². The van der Waals surface area contributed by atoms with Crippen LogP contribution in [0.3, 0.4) is 0 Å². The normalized spacial score (nSPS) is 19.4. The summed E-state index contributed by atoms with van der Waals surface area (Å²) in [4.78, 5) is 75.7. The Bertz CT molecular complexity index is 926. The highest BCUT2D eigenvalue weighted by atomic mass is 16.5. The maximum atomic E-state index is 12.9. The Balaban J connectivity index is 1.70. The third-order valence-corrected chi connectivity index (χ3v) is 5.17. The summed E-state index contributed by atoms with van der Waals surface area (Å²) in [6.45, 7) is 0.637. The highest BCUT2D eigenvalue weighted by molar-refractivity contribution is 6.23. The van der Waals surface area contributed by atoms with E-state index < -0.39 is 54.3 Å². The fourth-order valence-electron chi connectivity index (χ4n) is 3.50. The zero-order valence-corrected chi connectivity index (χ0v) is 16.8. The van der Waals surface area contributed by atoms with E-state index in [4.69, 9.17) is 10.5 Å². The van der Waals surface area contributed by atoms with Crippen molar-refractivity contribution in [3.63, 3.8) is 0 Å². The molecule has 11 heteroatoms. The van der Waals surface area contributed by atoms with E-state index in [9.17, 15) is 28.8 Å². The molecule has 1 unspecified atom stereocenters. The summed E-state index contributed by atoms with van der Waals surface area (Å²) in [5.74, 6) is -4.02. The third kappa shape index (κ3) is 4.17. The Morgan fingerprint density at radius 3 is 2.32 bits per heavy atom. The molecule has 0 aromatic heterocycles. The molecule has 31 heavy (non-hydrogen) atoms. The van der Waals surface area contributed by atoms with Crippen LogP contribution in [0.2, 0.25) is 0 Å². The number of nitrogens with two attached hydrogens (primary N) is 1. The molecule has 0 bridgehead atoms. The average Bonchev–Trinajstić information content (AvgIpc) is 3.02. The monoisotopic (exact) mass is 430 g/mol. The molecule has 3 rings (SSSR count). The first kappa shape index (κ1) is 22.1. The van der Waals surface area contributed by atoms with E-state index in [1.54, 1.807) is 19.1 Å². The molecule has 2 atom stereocenters. The number of ether oxygens (including phenoxy) is 1. The highest BCUT2D eigenvalue weighted by Crippen LogP contribution is 2.29. The number of benzene rings is 1.